The summed E-state index contributed by atoms with van der Waals surface area (Å²) in [6.07, 6.45) is 4.81. The minimum absolute atomic E-state index is 0.828. The van der Waals surface area contributed by atoms with Crippen LogP contribution in [0.2, 0.25) is 0 Å². The average molecular weight is 177 g/mol. The zero-order valence-corrected chi connectivity index (χ0v) is 8.12. The Morgan fingerprint density at radius 2 is 2.15 bits per heavy atom. The lowest BCUT2D eigenvalue weighted by atomic mass is 10.5. The number of aromatic nitrogens is 1. The van der Waals surface area contributed by atoms with Gasteiger partial charge in [0, 0.05) is 6.20 Å². The number of anilines is 1. The predicted molar refractivity (Wildman–Crippen MR) is 54.2 cm³/mol. The Labute approximate surface area is 79.1 Å². The van der Waals surface area contributed by atoms with E-state index in [1.165, 1.54) is 0 Å². The quantitative estimate of drug-likeness (QED) is 0.248. The summed E-state index contributed by atoms with van der Waals surface area (Å²) < 4.78 is 2.05. The fourth-order valence-corrected chi connectivity index (χ4v) is 0.955. The lowest BCUT2D eigenvalue weighted by molar-refractivity contribution is -0.516. The van der Waals surface area contributed by atoms with Crippen molar-refractivity contribution in [3.05, 3.63) is 24.4 Å². The Bertz CT molecular complexity index is 261. The molecule has 0 spiro atoms. The van der Waals surface area contributed by atoms with Crippen LogP contribution in [0.3, 0.4) is 0 Å². The lowest BCUT2D eigenvalue weighted by Gasteiger charge is -2.07. The van der Waals surface area contributed by atoms with Gasteiger partial charge in [0.25, 0.3) is 0 Å². The molecular weight excluding hydrogens is 162 g/mol. The fraction of sp³-hybridized carbons (Fsp3) is 0.400. The van der Waals surface area contributed by atoms with Crippen LogP contribution in [0.15, 0.2) is 24.4 Å². The number of rotatable bonds is 4. The van der Waals surface area contributed by atoms with E-state index in [1.807, 2.05) is 18.2 Å². The van der Waals surface area contributed by atoms with Crippen molar-refractivity contribution in [2.24, 2.45) is 0 Å². The van der Waals surface area contributed by atoms with E-state index in [0.717, 1.165) is 18.9 Å². The molecule has 0 aliphatic rings. The molecule has 1 N–H and O–H groups in total. The molecule has 1 aromatic heterocycles. The molecule has 0 radical (unpaired) electrons. The van der Waals surface area contributed by atoms with Crippen molar-refractivity contribution in [2.75, 3.05) is 18.4 Å². The van der Waals surface area contributed by atoms with Gasteiger partial charge < -0.3 is 14.9 Å². The molecule has 0 aliphatic carbocycles. The van der Waals surface area contributed by atoms with Crippen molar-refractivity contribution in [1.29, 1.82) is 0 Å². The maximum atomic E-state index is 4.12. The summed E-state index contributed by atoms with van der Waals surface area (Å²) in [5, 5.41) is 3.01. The van der Waals surface area contributed by atoms with Crippen LogP contribution < -0.4 is 5.32 Å². The summed E-state index contributed by atoms with van der Waals surface area (Å²) in [5.74, 6) is 0.828. The topological polar surface area (TPSA) is 27.9 Å². The van der Waals surface area contributed by atoms with E-state index >= 15 is 0 Å². The van der Waals surface area contributed by atoms with Crippen molar-refractivity contribution < 1.29 is 4.58 Å². The average Bonchev–Trinajstić information content (AvgIpc) is 2.21. The summed E-state index contributed by atoms with van der Waals surface area (Å²) in [7, 11) is 0. The first-order valence-electron chi connectivity index (χ1n) is 4.54. The molecule has 0 aromatic carbocycles. The van der Waals surface area contributed by atoms with Crippen LogP contribution in [0.1, 0.15) is 13.8 Å². The highest BCUT2D eigenvalue weighted by Gasteiger charge is 1.86. The second kappa shape index (κ2) is 5.30. The standard InChI is InChI=1S/C10H15N3/c1-3-13(4-2)9-12-10-7-5-6-8-11-10/h5-8H,3-4H2,1-2H3,(H,11,12). The molecule has 3 nitrogen and oxygen atoms in total. The zero-order valence-electron chi connectivity index (χ0n) is 8.12. The molecule has 0 saturated carbocycles. The first-order valence-corrected chi connectivity index (χ1v) is 4.54. The van der Waals surface area contributed by atoms with Crippen molar-refractivity contribution >= 4 is 12.2 Å². The van der Waals surface area contributed by atoms with Crippen LogP contribution in [0.25, 0.3) is 0 Å². The smallest absolute Gasteiger partial charge is 0.130 e. The van der Waals surface area contributed by atoms with Gasteiger partial charge in [0.05, 0.1) is 18.9 Å². The summed E-state index contributed by atoms with van der Waals surface area (Å²) >= 11 is 0. The minimum Gasteiger partial charge on any atom is -0.392 e. The maximum Gasteiger partial charge on any atom is 0.130 e. The van der Waals surface area contributed by atoms with Crippen LogP contribution in [0, 0.1) is 0 Å². The number of hydrogen-bond donors (Lipinski definition) is 1. The number of nitrogens with zero attached hydrogens (tertiary/aromatic N) is 2. The molecule has 0 atom stereocenters. The van der Waals surface area contributed by atoms with Gasteiger partial charge in [0.2, 0.25) is 0 Å². The lowest BCUT2D eigenvalue weighted by Crippen LogP contribution is -2.16. The van der Waals surface area contributed by atoms with E-state index in [9.17, 15) is 0 Å². The van der Waals surface area contributed by atoms with Crippen LogP contribution in [0.4, 0.5) is 5.82 Å². The Morgan fingerprint density at radius 3 is 2.69 bits per heavy atom. The monoisotopic (exact) mass is 177 g/mol. The Balaban J connectivity index is 2.55. The SMILES string of the molecule is CC[N+](=[C-]Nc1ccccn1)CC. The molecule has 0 bridgehead atoms. The first kappa shape index (κ1) is 9.71. The largest absolute Gasteiger partial charge is 0.392 e. The predicted octanol–water partition coefficient (Wildman–Crippen LogP) is 1.45. The third-order valence-electron chi connectivity index (χ3n) is 1.77. The maximum absolute atomic E-state index is 4.12. The van der Waals surface area contributed by atoms with Gasteiger partial charge in [-0.1, -0.05) is 12.1 Å². The summed E-state index contributed by atoms with van der Waals surface area (Å²) in [6.45, 7) is 6.10. The van der Waals surface area contributed by atoms with Crippen molar-refractivity contribution in [1.82, 2.24) is 4.98 Å². The summed E-state index contributed by atoms with van der Waals surface area (Å²) in [4.78, 5) is 4.12. The first-order chi connectivity index (χ1) is 6.36. The summed E-state index contributed by atoms with van der Waals surface area (Å²) in [6, 6.07) is 5.75. The van der Waals surface area contributed by atoms with Crippen LogP contribution >= 0.6 is 0 Å². The molecule has 0 aliphatic heterocycles. The van der Waals surface area contributed by atoms with Gasteiger partial charge in [-0.15, -0.1) is 0 Å². The highest BCUT2D eigenvalue weighted by atomic mass is 15.1. The van der Waals surface area contributed by atoms with Gasteiger partial charge in [0.15, 0.2) is 0 Å². The van der Waals surface area contributed by atoms with E-state index in [4.69, 9.17) is 0 Å². The van der Waals surface area contributed by atoms with Gasteiger partial charge in [-0.05, 0) is 19.9 Å². The molecule has 0 fully saturated rings. The molecule has 13 heavy (non-hydrogen) atoms. The van der Waals surface area contributed by atoms with E-state index in [2.05, 4.69) is 35.1 Å². The highest BCUT2D eigenvalue weighted by molar-refractivity contribution is 5.69. The van der Waals surface area contributed by atoms with Gasteiger partial charge >= 0.3 is 0 Å². The van der Waals surface area contributed by atoms with Crippen molar-refractivity contribution in [3.8, 4) is 0 Å². The fourth-order valence-electron chi connectivity index (χ4n) is 0.955. The Hall–Kier alpha value is -1.38. The number of hydrogen-bond acceptors (Lipinski definition) is 1. The molecule has 0 saturated heterocycles. The molecule has 1 heterocycles. The Kier molecular flexibility index (Phi) is 3.96. The normalized spacial score (nSPS) is 9.38. The molecule has 3 heteroatoms. The molecular formula is C10H15N3. The highest BCUT2D eigenvalue weighted by Crippen LogP contribution is 1.96. The third kappa shape index (κ3) is 3.23. The number of pyridine rings is 1. The molecule has 0 unspecified atom stereocenters. The molecule has 1 rings (SSSR count). The van der Waals surface area contributed by atoms with Crippen LogP contribution in [-0.2, 0) is 0 Å². The Morgan fingerprint density at radius 1 is 1.38 bits per heavy atom. The molecule has 70 valence electrons. The van der Waals surface area contributed by atoms with Gasteiger partial charge in [-0.2, -0.15) is 0 Å². The van der Waals surface area contributed by atoms with Crippen LogP contribution in [0.5, 0.6) is 0 Å². The van der Waals surface area contributed by atoms with E-state index in [1.54, 1.807) is 6.20 Å². The second-order valence-corrected chi connectivity index (χ2v) is 2.62. The van der Waals surface area contributed by atoms with Crippen molar-refractivity contribution in [3.63, 3.8) is 0 Å². The van der Waals surface area contributed by atoms with Crippen LogP contribution in [-0.4, -0.2) is 29.0 Å². The van der Waals surface area contributed by atoms with E-state index < -0.39 is 0 Å². The molecule has 0 amide bonds. The summed E-state index contributed by atoms with van der Waals surface area (Å²) in [5.41, 5.74) is 0. The third-order valence-corrected chi connectivity index (χ3v) is 1.77. The van der Waals surface area contributed by atoms with E-state index in [-0.39, 0.29) is 0 Å². The van der Waals surface area contributed by atoms with E-state index in [0.29, 0.717) is 0 Å². The van der Waals surface area contributed by atoms with Crippen molar-refractivity contribution in [2.45, 2.75) is 13.8 Å². The molecule has 1 aromatic rings. The van der Waals surface area contributed by atoms with Gasteiger partial charge in [-0.25, -0.2) is 0 Å². The minimum atomic E-state index is 0.828. The number of nitrogens with one attached hydrogen (secondary N) is 1. The van der Waals surface area contributed by atoms with Gasteiger partial charge in [-0.3, -0.25) is 0 Å². The second-order valence-electron chi connectivity index (χ2n) is 2.62. The zero-order chi connectivity index (χ0) is 9.52. The van der Waals surface area contributed by atoms with Gasteiger partial charge in [0.1, 0.15) is 6.34 Å².